The fraction of sp³-hybridized carbons (Fsp3) is 0.333. The number of hydrogen-bond acceptors (Lipinski definition) is 6. The van der Waals surface area contributed by atoms with Crippen molar-refractivity contribution in [3.05, 3.63) is 29.8 Å². The van der Waals surface area contributed by atoms with Gasteiger partial charge in [0.15, 0.2) is 6.29 Å². The lowest BCUT2D eigenvalue weighted by Crippen LogP contribution is -2.49. The van der Waals surface area contributed by atoms with E-state index >= 15 is 0 Å². The summed E-state index contributed by atoms with van der Waals surface area (Å²) in [5.41, 5.74) is 11.9. The number of amides is 2. The van der Waals surface area contributed by atoms with Crippen molar-refractivity contribution in [1.29, 1.82) is 0 Å². The van der Waals surface area contributed by atoms with Crippen LogP contribution in [0.5, 0.6) is 0 Å². The maximum absolute atomic E-state index is 11.9. The average molecular weight is 276 g/mol. The summed E-state index contributed by atoms with van der Waals surface area (Å²) in [6.45, 7) is 0. The van der Waals surface area contributed by atoms with Gasteiger partial charge in [-0.1, -0.05) is 0 Å². The molecule has 1 aliphatic heterocycles. The Bertz CT molecular complexity index is 507. The molecule has 1 aromatic rings. The third kappa shape index (κ3) is 3.11. The van der Waals surface area contributed by atoms with Gasteiger partial charge in [0.1, 0.15) is 0 Å². The Kier molecular flexibility index (Phi) is 3.61. The van der Waals surface area contributed by atoms with Crippen molar-refractivity contribution in [3.63, 3.8) is 0 Å². The van der Waals surface area contributed by atoms with Crippen LogP contribution in [0.2, 0.25) is 0 Å². The molecule has 8 heteroatoms. The Morgan fingerprint density at radius 3 is 2.30 bits per heavy atom. The molecule has 1 aromatic carbocycles. The molecular weight excluding hydrogens is 260 g/mol. The summed E-state index contributed by atoms with van der Waals surface area (Å²) in [4.78, 5) is 23.5. The van der Waals surface area contributed by atoms with E-state index in [-0.39, 0.29) is 17.7 Å². The molecule has 3 rings (SSSR count). The lowest BCUT2D eigenvalue weighted by atomic mass is 10.2. The molecule has 0 atom stereocenters. The van der Waals surface area contributed by atoms with Crippen molar-refractivity contribution in [2.24, 2.45) is 5.92 Å². The van der Waals surface area contributed by atoms with E-state index in [1.807, 2.05) is 0 Å². The molecule has 2 amide bonds. The highest BCUT2D eigenvalue weighted by molar-refractivity contribution is 5.96. The van der Waals surface area contributed by atoms with Crippen LogP contribution in [-0.4, -0.2) is 18.1 Å². The van der Waals surface area contributed by atoms with Gasteiger partial charge in [-0.3, -0.25) is 9.59 Å². The zero-order valence-corrected chi connectivity index (χ0v) is 10.7. The Morgan fingerprint density at radius 1 is 1.05 bits per heavy atom. The highest BCUT2D eigenvalue weighted by atomic mass is 16.2. The van der Waals surface area contributed by atoms with Crippen LogP contribution in [0.3, 0.4) is 0 Å². The minimum Gasteiger partial charge on any atom is -0.326 e. The van der Waals surface area contributed by atoms with Crippen LogP contribution >= 0.6 is 0 Å². The summed E-state index contributed by atoms with van der Waals surface area (Å²) >= 11 is 0. The average Bonchev–Trinajstić information content (AvgIpc) is 3.19. The van der Waals surface area contributed by atoms with Gasteiger partial charge in [0, 0.05) is 17.2 Å². The van der Waals surface area contributed by atoms with Crippen molar-refractivity contribution in [3.8, 4) is 0 Å². The number of benzene rings is 1. The van der Waals surface area contributed by atoms with E-state index in [0.29, 0.717) is 11.3 Å². The molecule has 1 saturated carbocycles. The molecule has 1 saturated heterocycles. The Hall–Kier alpha value is -2.00. The molecule has 1 heterocycles. The molecule has 20 heavy (non-hydrogen) atoms. The monoisotopic (exact) mass is 276 g/mol. The number of nitrogens with one attached hydrogen (secondary N) is 6. The molecule has 0 radical (unpaired) electrons. The predicted octanol–water partition coefficient (Wildman–Crippen LogP) is -0.835. The zero-order chi connectivity index (χ0) is 13.9. The molecule has 0 bridgehead atoms. The first-order valence-electron chi connectivity index (χ1n) is 6.45. The van der Waals surface area contributed by atoms with Crippen molar-refractivity contribution >= 4 is 17.5 Å². The second-order valence-corrected chi connectivity index (χ2v) is 4.79. The largest absolute Gasteiger partial charge is 0.326 e. The van der Waals surface area contributed by atoms with Gasteiger partial charge in [0.2, 0.25) is 5.91 Å². The minimum atomic E-state index is -0.392. The smallest absolute Gasteiger partial charge is 0.253 e. The van der Waals surface area contributed by atoms with Crippen LogP contribution in [0, 0.1) is 5.92 Å². The Labute approximate surface area is 115 Å². The third-order valence-corrected chi connectivity index (χ3v) is 3.13. The number of carbonyl (C=O) groups is 2. The molecule has 106 valence electrons. The van der Waals surface area contributed by atoms with E-state index in [4.69, 9.17) is 0 Å². The minimum absolute atomic E-state index is 0.0544. The van der Waals surface area contributed by atoms with Crippen molar-refractivity contribution in [2.45, 2.75) is 19.1 Å². The van der Waals surface area contributed by atoms with E-state index in [1.54, 1.807) is 24.3 Å². The van der Waals surface area contributed by atoms with Crippen molar-refractivity contribution in [1.82, 2.24) is 27.2 Å². The fourth-order valence-corrected chi connectivity index (χ4v) is 1.83. The first-order chi connectivity index (χ1) is 9.72. The number of anilines is 1. The zero-order valence-electron chi connectivity index (χ0n) is 10.7. The second-order valence-electron chi connectivity index (χ2n) is 4.79. The molecular formula is C12H16N6O2. The number of carbonyl (C=O) groups excluding carboxylic acids is 2. The lowest BCUT2D eigenvalue weighted by molar-refractivity contribution is -0.117. The maximum atomic E-state index is 11.9. The summed E-state index contributed by atoms with van der Waals surface area (Å²) in [6, 6.07) is 6.80. The Balaban J connectivity index is 1.56. The van der Waals surface area contributed by atoms with Gasteiger partial charge in [0.25, 0.3) is 5.91 Å². The lowest BCUT2D eigenvalue weighted by Gasteiger charge is -2.11. The highest BCUT2D eigenvalue weighted by Gasteiger charge is 2.29. The topological polar surface area (TPSA) is 106 Å². The van der Waals surface area contributed by atoms with Gasteiger partial charge >= 0.3 is 0 Å². The molecule has 2 aliphatic rings. The van der Waals surface area contributed by atoms with Gasteiger partial charge in [-0.15, -0.1) is 0 Å². The first-order valence-corrected chi connectivity index (χ1v) is 6.45. The normalized spacial score (nSPS) is 18.8. The van der Waals surface area contributed by atoms with Gasteiger partial charge in [-0.25, -0.2) is 10.9 Å². The summed E-state index contributed by atoms with van der Waals surface area (Å²) in [5.74, 6) is -0.00299. The molecule has 8 nitrogen and oxygen atoms in total. The summed E-state index contributed by atoms with van der Waals surface area (Å²) in [5, 5.41) is 5.54. The van der Waals surface area contributed by atoms with Crippen LogP contribution in [0.1, 0.15) is 23.2 Å². The Morgan fingerprint density at radius 2 is 1.70 bits per heavy atom. The molecule has 0 spiro atoms. The first kappa shape index (κ1) is 13.0. The van der Waals surface area contributed by atoms with E-state index in [2.05, 4.69) is 32.6 Å². The predicted molar refractivity (Wildman–Crippen MR) is 71.6 cm³/mol. The quantitative estimate of drug-likeness (QED) is 0.428. The van der Waals surface area contributed by atoms with Gasteiger partial charge in [0.05, 0.1) is 0 Å². The van der Waals surface area contributed by atoms with E-state index in [0.717, 1.165) is 12.8 Å². The van der Waals surface area contributed by atoms with Crippen LogP contribution in [-0.2, 0) is 4.79 Å². The maximum Gasteiger partial charge on any atom is 0.253 e. The molecule has 1 aliphatic carbocycles. The number of rotatable bonds is 4. The molecule has 0 unspecified atom stereocenters. The van der Waals surface area contributed by atoms with Crippen molar-refractivity contribution in [2.75, 3.05) is 5.32 Å². The van der Waals surface area contributed by atoms with Gasteiger partial charge < -0.3 is 10.6 Å². The summed E-state index contributed by atoms with van der Waals surface area (Å²) < 4.78 is 0. The number of hydrogen-bond donors (Lipinski definition) is 6. The SMILES string of the molecule is O=C(NC1NNNN1)c1ccc(NC(=O)C2CC2)cc1. The van der Waals surface area contributed by atoms with E-state index in [1.165, 1.54) is 0 Å². The van der Waals surface area contributed by atoms with E-state index < -0.39 is 6.29 Å². The van der Waals surface area contributed by atoms with Crippen LogP contribution in [0.4, 0.5) is 5.69 Å². The summed E-state index contributed by atoms with van der Waals surface area (Å²) in [7, 11) is 0. The second kappa shape index (κ2) is 5.55. The summed E-state index contributed by atoms with van der Waals surface area (Å²) in [6.07, 6.45) is 1.54. The highest BCUT2D eigenvalue weighted by Crippen LogP contribution is 2.30. The van der Waals surface area contributed by atoms with Gasteiger partial charge in [-0.2, -0.15) is 11.1 Å². The standard InChI is InChI=1S/C12H16N6O2/c19-10(7-1-2-7)13-9-5-3-8(4-6-9)11(20)14-12-15-17-18-16-12/h3-7,12,15-18H,1-2H2,(H,13,19)(H,14,20). The fourth-order valence-electron chi connectivity index (χ4n) is 1.83. The van der Waals surface area contributed by atoms with Crippen LogP contribution in [0.25, 0.3) is 0 Å². The van der Waals surface area contributed by atoms with E-state index in [9.17, 15) is 9.59 Å². The third-order valence-electron chi connectivity index (χ3n) is 3.13. The van der Waals surface area contributed by atoms with Crippen LogP contribution in [0.15, 0.2) is 24.3 Å². The molecule has 2 fully saturated rings. The van der Waals surface area contributed by atoms with Gasteiger partial charge in [-0.05, 0) is 37.1 Å². The van der Waals surface area contributed by atoms with Crippen molar-refractivity contribution < 1.29 is 9.59 Å². The molecule has 0 aromatic heterocycles. The number of hydrazine groups is 3. The van der Waals surface area contributed by atoms with Crippen LogP contribution < -0.4 is 32.6 Å². The molecule has 6 N–H and O–H groups in total.